The van der Waals surface area contributed by atoms with Gasteiger partial charge in [-0.25, -0.2) is 4.39 Å². The molecular weight excluding hydrogens is 335 g/mol. The monoisotopic (exact) mass is 360 g/mol. The van der Waals surface area contributed by atoms with Gasteiger partial charge in [0.15, 0.2) is 0 Å². The van der Waals surface area contributed by atoms with Crippen LogP contribution in [0.2, 0.25) is 0 Å². The molecule has 0 spiro atoms. The Morgan fingerprint density at radius 3 is 2.50 bits per heavy atom. The standard InChI is InChI=1S/C17H25FN2O3.ClH/c1-22-13-10-19-8-9-20-16(21)17(6-11-23-12-7-17)14-2-4-15(18)5-3-14;/h2-5,19H,6-13H2,1H3,(H,20,21);1H. The number of nitrogens with one attached hydrogen (secondary N) is 2. The number of ether oxygens (including phenoxy) is 2. The number of hydrogen-bond acceptors (Lipinski definition) is 4. The molecule has 0 radical (unpaired) electrons. The van der Waals surface area contributed by atoms with Crippen molar-refractivity contribution in [1.29, 1.82) is 0 Å². The van der Waals surface area contributed by atoms with Crippen LogP contribution in [0.4, 0.5) is 4.39 Å². The van der Waals surface area contributed by atoms with E-state index in [4.69, 9.17) is 9.47 Å². The predicted molar refractivity (Wildman–Crippen MR) is 93.1 cm³/mol. The zero-order chi connectivity index (χ0) is 16.5. The zero-order valence-electron chi connectivity index (χ0n) is 14.0. The highest BCUT2D eigenvalue weighted by atomic mass is 35.5. The number of carbonyl (C=O) groups is 1. The minimum Gasteiger partial charge on any atom is -0.383 e. The fourth-order valence-electron chi connectivity index (χ4n) is 2.87. The second-order valence-corrected chi connectivity index (χ2v) is 5.70. The average Bonchev–Trinajstić information content (AvgIpc) is 2.59. The quantitative estimate of drug-likeness (QED) is 0.692. The van der Waals surface area contributed by atoms with Crippen LogP contribution in [-0.4, -0.2) is 52.5 Å². The van der Waals surface area contributed by atoms with Crippen LogP contribution >= 0.6 is 12.4 Å². The van der Waals surface area contributed by atoms with Crippen molar-refractivity contribution in [3.63, 3.8) is 0 Å². The lowest BCUT2D eigenvalue weighted by Crippen LogP contribution is -2.49. The van der Waals surface area contributed by atoms with Crippen molar-refractivity contribution in [2.45, 2.75) is 18.3 Å². The van der Waals surface area contributed by atoms with Gasteiger partial charge in [0.05, 0.1) is 12.0 Å². The van der Waals surface area contributed by atoms with Crippen molar-refractivity contribution in [2.24, 2.45) is 0 Å². The molecule has 1 aromatic carbocycles. The van der Waals surface area contributed by atoms with Gasteiger partial charge >= 0.3 is 0 Å². The molecule has 0 saturated carbocycles. The molecule has 1 saturated heterocycles. The van der Waals surface area contributed by atoms with Crippen molar-refractivity contribution in [3.05, 3.63) is 35.6 Å². The van der Waals surface area contributed by atoms with Crippen LogP contribution in [0.5, 0.6) is 0 Å². The third-order valence-corrected chi connectivity index (χ3v) is 4.25. The number of amides is 1. The minimum absolute atomic E-state index is 0. The highest BCUT2D eigenvalue weighted by Crippen LogP contribution is 2.35. The van der Waals surface area contributed by atoms with Crippen LogP contribution < -0.4 is 10.6 Å². The molecule has 1 aliphatic heterocycles. The van der Waals surface area contributed by atoms with E-state index in [-0.39, 0.29) is 24.1 Å². The fourth-order valence-corrected chi connectivity index (χ4v) is 2.87. The maximum atomic E-state index is 13.2. The average molecular weight is 361 g/mol. The molecule has 1 aromatic rings. The van der Waals surface area contributed by atoms with Crippen LogP contribution in [0.3, 0.4) is 0 Å². The molecule has 1 aliphatic rings. The lowest BCUT2D eigenvalue weighted by Gasteiger charge is -2.36. The summed E-state index contributed by atoms with van der Waals surface area (Å²) < 4.78 is 23.5. The molecule has 2 N–H and O–H groups in total. The Balaban J connectivity index is 0.00000288. The minimum atomic E-state index is -0.627. The van der Waals surface area contributed by atoms with Crippen LogP contribution in [-0.2, 0) is 19.7 Å². The number of carbonyl (C=O) groups excluding carboxylic acids is 1. The summed E-state index contributed by atoms with van der Waals surface area (Å²) in [6.45, 7) is 3.71. The first-order chi connectivity index (χ1) is 11.2. The molecule has 1 amide bonds. The normalized spacial score (nSPS) is 16.2. The Morgan fingerprint density at radius 1 is 1.21 bits per heavy atom. The van der Waals surface area contributed by atoms with Crippen LogP contribution in [0.25, 0.3) is 0 Å². The Hall–Kier alpha value is -1.21. The summed E-state index contributed by atoms with van der Waals surface area (Å²) in [7, 11) is 1.65. The van der Waals surface area contributed by atoms with E-state index < -0.39 is 5.41 Å². The zero-order valence-corrected chi connectivity index (χ0v) is 14.8. The highest BCUT2D eigenvalue weighted by molar-refractivity contribution is 5.88. The van der Waals surface area contributed by atoms with Crippen LogP contribution in [0, 0.1) is 5.82 Å². The summed E-state index contributed by atoms with van der Waals surface area (Å²) in [6.07, 6.45) is 1.23. The Kier molecular flexibility index (Phi) is 9.21. The summed E-state index contributed by atoms with van der Waals surface area (Å²) >= 11 is 0. The summed E-state index contributed by atoms with van der Waals surface area (Å²) in [5.41, 5.74) is 0.227. The number of hydrogen-bond donors (Lipinski definition) is 2. The topological polar surface area (TPSA) is 59.6 Å². The van der Waals surface area contributed by atoms with Gasteiger partial charge in [-0.2, -0.15) is 0 Å². The first-order valence-corrected chi connectivity index (χ1v) is 8.01. The summed E-state index contributed by atoms with van der Waals surface area (Å²) in [5.74, 6) is -0.306. The summed E-state index contributed by atoms with van der Waals surface area (Å²) in [6, 6.07) is 6.23. The van der Waals surface area contributed by atoms with Crippen LogP contribution in [0.1, 0.15) is 18.4 Å². The van der Waals surface area contributed by atoms with E-state index in [2.05, 4.69) is 10.6 Å². The number of rotatable bonds is 8. The van der Waals surface area contributed by atoms with Gasteiger partial charge in [-0.05, 0) is 30.5 Å². The van der Waals surface area contributed by atoms with Crippen molar-refractivity contribution in [1.82, 2.24) is 10.6 Å². The molecule has 1 heterocycles. The Bertz CT molecular complexity index is 493. The number of methoxy groups -OCH3 is 1. The van der Waals surface area contributed by atoms with Crippen LogP contribution in [0.15, 0.2) is 24.3 Å². The lowest BCUT2D eigenvalue weighted by molar-refractivity contribution is -0.130. The molecule has 0 atom stereocenters. The molecule has 0 unspecified atom stereocenters. The third kappa shape index (κ3) is 5.41. The molecule has 2 rings (SSSR count). The van der Waals surface area contributed by atoms with E-state index in [1.54, 1.807) is 19.2 Å². The molecule has 0 aromatic heterocycles. The van der Waals surface area contributed by atoms with E-state index >= 15 is 0 Å². The molecule has 24 heavy (non-hydrogen) atoms. The third-order valence-electron chi connectivity index (χ3n) is 4.25. The first-order valence-electron chi connectivity index (χ1n) is 8.01. The first kappa shape index (κ1) is 20.8. The summed E-state index contributed by atoms with van der Waals surface area (Å²) in [4.78, 5) is 12.8. The molecular formula is C17H26ClFN2O3. The molecule has 7 heteroatoms. The molecule has 1 fully saturated rings. The predicted octanol–water partition coefficient (Wildman–Crippen LogP) is 1.65. The second-order valence-electron chi connectivity index (χ2n) is 5.70. The van der Waals surface area contributed by atoms with Crippen molar-refractivity contribution < 1.29 is 18.7 Å². The molecule has 5 nitrogen and oxygen atoms in total. The fraction of sp³-hybridized carbons (Fsp3) is 0.588. The van der Waals surface area contributed by atoms with E-state index in [9.17, 15) is 9.18 Å². The van der Waals surface area contributed by atoms with Gasteiger partial charge in [-0.15, -0.1) is 12.4 Å². The molecule has 136 valence electrons. The van der Waals surface area contributed by atoms with Gasteiger partial charge in [0, 0.05) is 40.0 Å². The smallest absolute Gasteiger partial charge is 0.230 e. The number of halogens is 2. The Labute approximate surface area is 148 Å². The van der Waals surface area contributed by atoms with E-state index in [0.717, 1.165) is 12.1 Å². The van der Waals surface area contributed by atoms with Gasteiger partial charge in [0.1, 0.15) is 5.82 Å². The van der Waals surface area contributed by atoms with E-state index in [1.165, 1.54) is 12.1 Å². The lowest BCUT2D eigenvalue weighted by atomic mass is 9.73. The van der Waals surface area contributed by atoms with Crippen molar-refractivity contribution in [2.75, 3.05) is 46.6 Å². The maximum Gasteiger partial charge on any atom is 0.230 e. The van der Waals surface area contributed by atoms with Gasteiger partial charge < -0.3 is 20.1 Å². The van der Waals surface area contributed by atoms with Crippen molar-refractivity contribution >= 4 is 18.3 Å². The maximum absolute atomic E-state index is 13.2. The van der Waals surface area contributed by atoms with E-state index in [0.29, 0.717) is 45.8 Å². The Morgan fingerprint density at radius 2 is 1.88 bits per heavy atom. The second kappa shape index (κ2) is 10.6. The molecule has 0 bridgehead atoms. The molecule has 0 aliphatic carbocycles. The highest BCUT2D eigenvalue weighted by Gasteiger charge is 2.41. The summed E-state index contributed by atoms with van der Waals surface area (Å²) in [5, 5.41) is 6.18. The SMILES string of the molecule is COCCNCCNC(=O)C1(c2ccc(F)cc2)CCOCC1.Cl. The van der Waals surface area contributed by atoms with Crippen molar-refractivity contribution in [3.8, 4) is 0 Å². The largest absolute Gasteiger partial charge is 0.383 e. The van der Waals surface area contributed by atoms with Gasteiger partial charge in [0.25, 0.3) is 0 Å². The van der Waals surface area contributed by atoms with Gasteiger partial charge in [0.2, 0.25) is 5.91 Å². The van der Waals surface area contributed by atoms with E-state index in [1.807, 2.05) is 0 Å². The number of benzene rings is 1. The van der Waals surface area contributed by atoms with Gasteiger partial charge in [-0.3, -0.25) is 4.79 Å². The van der Waals surface area contributed by atoms with Gasteiger partial charge in [-0.1, -0.05) is 12.1 Å².